The van der Waals surface area contributed by atoms with Crippen molar-refractivity contribution in [2.24, 2.45) is 7.05 Å². The highest BCUT2D eigenvalue weighted by Crippen LogP contribution is 2.17. The van der Waals surface area contributed by atoms with E-state index in [1.807, 2.05) is 0 Å². The maximum atomic E-state index is 10.6. The van der Waals surface area contributed by atoms with Crippen LogP contribution in [-0.2, 0) is 21.9 Å². The molecule has 0 saturated heterocycles. The maximum Gasteiger partial charge on any atom is 0.238 e. The van der Waals surface area contributed by atoms with Crippen molar-refractivity contribution in [3.63, 3.8) is 0 Å². The first-order chi connectivity index (χ1) is 5.38. The van der Waals surface area contributed by atoms with Gasteiger partial charge in [0.1, 0.15) is 5.75 Å². The SMILES string of the molecule is Cn1cc(Cl)c(CS(=O)(=O)Cl)n1. The van der Waals surface area contributed by atoms with Crippen LogP contribution in [0.5, 0.6) is 0 Å². The average molecular weight is 229 g/mol. The van der Waals surface area contributed by atoms with E-state index in [2.05, 4.69) is 5.10 Å². The van der Waals surface area contributed by atoms with Crippen LogP contribution in [0.15, 0.2) is 6.20 Å². The number of aryl methyl sites for hydroxylation is 1. The van der Waals surface area contributed by atoms with Crippen molar-refractivity contribution in [2.45, 2.75) is 5.75 Å². The summed E-state index contributed by atoms with van der Waals surface area (Å²) in [6, 6.07) is 0. The lowest BCUT2D eigenvalue weighted by Crippen LogP contribution is -1.97. The van der Waals surface area contributed by atoms with Crippen LogP contribution in [0.25, 0.3) is 0 Å². The molecule has 0 bridgehead atoms. The van der Waals surface area contributed by atoms with E-state index in [-0.39, 0.29) is 11.4 Å². The predicted octanol–water partition coefficient (Wildman–Crippen LogP) is 1.14. The van der Waals surface area contributed by atoms with Crippen LogP contribution in [0.1, 0.15) is 5.69 Å². The van der Waals surface area contributed by atoms with E-state index in [1.54, 1.807) is 7.05 Å². The first-order valence-corrected chi connectivity index (χ1v) is 5.84. The zero-order valence-corrected chi connectivity index (χ0v) is 8.49. The highest BCUT2D eigenvalue weighted by atomic mass is 35.7. The summed E-state index contributed by atoms with van der Waals surface area (Å²) in [4.78, 5) is 0. The minimum absolute atomic E-state index is 0.272. The van der Waals surface area contributed by atoms with Gasteiger partial charge in [0.2, 0.25) is 9.05 Å². The minimum atomic E-state index is -3.57. The second-order valence-corrected chi connectivity index (χ2v) is 5.46. The van der Waals surface area contributed by atoms with Crippen molar-refractivity contribution < 1.29 is 8.42 Å². The summed E-state index contributed by atoms with van der Waals surface area (Å²) in [5, 5.41) is 4.12. The zero-order valence-electron chi connectivity index (χ0n) is 6.16. The molecular weight excluding hydrogens is 223 g/mol. The third-order valence-corrected chi connectivity index (χ3v) is 2.42. The molecule has 7 heteroatoms. The maximum absolute atomic E-state index is 10.6. The molecule has 0 radical (unpaired) electrons. The third kappa shape index (κ3) is 2.66. The summed E-state index contributed by atoms with van der Waals surface area (Å²) in [5.41, 5.74) is 0.272. The molecule has 0 atom stereocenters. The highest BCUT2D eigenvalue weighted by molar-refractivity contribution is 8.13. The first kappa shape index (κ1) is 9.83. The highest BCUT2D eigenvalue weighted by Gasteiger charge is 2.13. The number of rotatable bonds is 2. The molecule has 1 aromatic heterocycles. The summed E-state index contributed by atoms with van der Waals surface area (Å²) >= 11 is 5.64. The van der Waals surface area contributed by atoms with E-state index in [1.165, 1.54) is 10.9 Å². The monoisotopic (exact) mass is 228 g/mol. The molecule has 0 unspecified atom stereocenters. The normalized spacial score (nSPS) is 11.9. The van der Waals surface area contributed by atoms with Gasteiger partial charge in [-0.2, -0.15) is 5.10 Å². The van der Waals surface area contributed by atoms with Gasteiger partial charge < -0.3 is 0 Å². The summed E-state index contributed by atoms with van der Waals surface area (Å²) in [5.74, 6) is -0.339. The zero-order chi connectivity index (χ0) is 9.35. The Morgan fingerprint density at radius 3 is 2.58 bits per heavy atom. The number of halogens is 2. The Kier molecular flexibility index (Phi) is 2.65. The summed E-state index contributed by atoms with van der Waals surface area (Å²) in [6.07, 6.45) is 1.51. The molecule has 0 aromatic carbocycles. The van der Waals surface area contributed by atoms with Gasteiger partial charge in [0.05, 0.1) is 10.7 Å². The molecule has 12 heavy (non-hydrogen) atoms. The lowest BCUT2D eigenvalue weighted by atomic mass is 10.5. The van der Waals surface area contributed by atoms with Crippen LogP contribution >= 0.6 is 22.3 Å². The van der Waals surface area contributed by atoms with Crippen LogP contribution in [0.2, 0.25) is 5.02 Å². The minimum Gasteiger partial charge on any atom is -0.274 e. The van der Waals surface area contributed by atoms with Crippen LogP contribution in [0, 0.1) is 0 Å². The Labute approximate surface area is 79.5 Å². The topological polar surface area (TPSA) is 52.0 Å². The fraction of sp³-hybridized carbons (Fsp3) is 0.400. The smallest absolute Gasteiger partial charge is 0.238 e. The Balaban J connectivity index is 2.97. The van der Waals surface area contributed by atoms with Crippen LogP contribution < -0.4 is 0 Å². The van der Waals surface area contributed by atoms with E-state index in [0.717, 1.165) is 0 Å². The third-order valence-electron chi connectivity index (χ3n) is 1.16. The molecule has 1 rings (SSSR count). The fourth-order valence-corrected chi connectivity index (χ4v) is 1.94. The van der Waals surface area contributed by atoms with Crippen molar-refractivity contribution >= 4 is 31.3 Å². The largest absolute Gasteiger partial charge is 0.274 e. The number of nitrogens with zero attached hydrogens (tertiary/aromatic N) is 2. The predicted molar refractivity (Wildman–Crippen MR) is 46.7 cm³/mol. The molecular formula is C5H6Cl2N2O2S. The summed E-state index contributed by atoms with van der Waals surface area (Å²) in [7, 11) is 3.09. The number of aromatic nitrogens is 2. The second kappa shape index (κ2) is 3.24. The van der Waals surface area contributed by atoms with Gasteiger partial charge in [0.15, 0.2) is 0 Å². The Hall–Kier alpha value is -0.260. The van der Waals surface area contributed by atoms with E-state index in [0.29, 0.717) is 5.02 Å². The van der Waals surface area contributed by atoms with Crippen LogP contribution in [0.4, 0.5) is 0 Å². The molecule has 0 saturated carbocycles. The molecule has 1 aromatic rings. The first-order valence-electron chi connectivity index (χ1n) is 2.99. The number of hydrogen-bond donors (Lipinski definition) is 0. The quantitative estimate of drug-likeness (QED) is 0.714. The van der Waals surface area contributed by atoms with Gasteiger partial charge >= 0.3 is 0 Å². The molecule has 0 aliphatic heterocycles. The summed E-state index contributed by atoms with van der Waals surface area (Å²) < 4.78 is 22.7. The molecule has 0 aliphatic carbocycles. The van der Waals surface area contributed by atoms with Crippen molar-refractivity contribution in [1.82, 2.24) is 9.78 Å². The molecule has 4 nitrogen and oxygen atoms in total. The second-order valence-electron chi connectivity index (χ2n) is 2.28. The fourth-order valence-electron chi connectivity index (χ4n) is 0.767. The molecule has 0 amide bonds. The van der Waals surface area contributed by atoms with Crippen molar-refractivity contribution in [3.8, 4) is 0 Å². The van der Waals surface area contributed by atoms with Gasteiger partial charge in [-0.05, 0) is 0 Å². The lowest BCUT2D eigenvalue weighted by Gasteiger charge is -1.91. The lowest BCUT2D eigenvalue weighted by molar-refractivity contribution is 0.607. The summed E-state index contributed by atoms with van der Waals surface area (Å²) in [6.45, 7) is 0. The van der Waals surface area contributed by atoms with E-state index >= 15 is 0 Å². The number of hydrogen-bond acceptors (Lipinski definition) is 3. The molecule has 0 spiro atoms. The Morgan fingerprint density at radius 1 is 1.67 bits per heavy atom. The van der Waals surface area contributed by atoms with Crippen molar-refractivity contribution in [3.05, 3.63) is 16.9 Å². The van der Waals surface area contributed by atoms with Crippen LogP contribution in [0.3, 0.4) is 0 Å². The van der Waals surface area contributed by atoms with Gasteiger partial charge in [-0.1, -0.05) is 11.6 Å². The average Bonchev–Trinajstić information content (AvgIpc) is 2.06. The van der Waals surface area contributed by atoms with Gasteiger partial charge in [-0.25, -0.2) is 8.42 Å². The molecule has 0 aliphatic rings. The van der Waals surface area contributed by atoms with Crippen LogP contribution in [-0.4, -0.2) is 18.2 Å². The van der Waals surface area contributed by atoms with E-state index in [4.69, 9.17) is 22.3 Å². The Morgan fingerprint density at radius 2 is 2.25 bits per heavy atom. The Bertz CT molecular complexity index is 384. The van der Waals surface area contributed by atoms with Crippen molar-refractivity contribution in [1.29, 1.82) is 0 Å². The van der Waals surface area contributed by atoms with E-state index < -0.39 is 9.05 Å². The molecule has 1 heterocycles. The van der Waals surface area contributed by atoms with Gasteiger partial charge in [-0.15, -0.1) is 0 Å². The van der Waals surface area contributed by atoms with Gasteiger partial charge in [0, 0.05) is 23.9 Å². The van der Waals surface area contributed by atoms with Gasteiger partial charge in [-0.3, -0.25) is 4.68 Å². The molecule has 0 fully saturated rings. The molecule has 0 N–H and O–H groups in total. The standard InChI is InChI=1S/C5H6Cl2N2O2S/c1-9-2-4(6)5(8-9)3-12(7,10)11/h2H,3H2,1H3. The van der Waals surface area contributed by atoms with E-state index in [9.17, 15) is 8.42 Å². The molecule has 68 valence electrons. The van der Waals surface area contributed by atoms with Crippen molar-refractivity contribution in [2.75, 3.05) is 0 Å². The van der Waals surface area contributed by atoms with Gasteiger partial charge in [0.25, 0.3) is 0 Å².